The van der Waals surface area contributed by atoms with E-state index in [1.807, 2.05) is 18.2 Å². The fourth-order valence-electron chi connectivity index (χ4n) is 1.28. The highest BCUT2D eigenvalue weighted by atomic mass is 79.9. The van der Waals surface area contributed by atoms with E-state index in [9.17, 15) is 4.57 Å². The van der Waals surface area contributed by atoms with Gasteiger partial charge in [0.05, 0.1) is 11.9 Å². The number of H-pyrrole nitrogens is 1. The molecule has 1 N–H and O–H groups in total. The molecule has 0 aliphatic heterocycles. The number of hydrogen-bond acceptors (Lipinski definition) is 4. The zero-order valence-electron chi connectivity index (χ0n) is 7.72. The maximum Gasteiger partial charge on any atom is 0.558 e. The minimum Gasteiger partial charge on any atom is -0.400 e. The molecule has 8 heteroatoms. The average molecular weight is 326 g/mol. The van der Waals surface area contributed by atoms with Crippen LogP contribution in [0.5, 0.6) is 5.75 Å². The monoisotopic (exact) mass is 325 g/mol. The summed E-state index contributed by atoms with van der Waals surface area (Å²) in [6, 6.07) is 7.34. The van der Waals surface area contributed by atoms with Crippen LogP contribution in [0.3, 0.4) is 0 Å². The van der Waals surface area contributed by atoms with E-state index >= 15 is 0 Å². The number of nitrogens with one attached hydrogen (secondary N) is 1. The van der Waals surface area contributed by atoms with Crippen LogP contribution in [0.15, 0.2) is 30.5 Å². The normalized spacial score (nSPS) is 14.9. The predicted molar refractivity (Wildman–Crippen MR) is 63.5 cm³/mol. The zero-order valence-corrected chi connectivity index (χ0v) is 11.0. The first-order valence-corrected chi connectivity index (χ1v) is 6.56. The van der Waals surface area contributed by atoms with Gasteiger partial charge >= 0.3 is 7.82 Å². The molecule has 86 valence electrons. The van der Waals surface area contributed by atoms with Gasteiger partial charge in [-0.3, -0.25) is 0 Å². The van der Waals surface area contributed by atoms with Gasteiger partial charge in [-0.1, -0.05) is 12.1 Å². The number of phosphoric acid groups is 1. The molecule has 0 spiro atoms. The molecule has 2 rings (SSSR count). The molecule has 0 bridgehead atoms. The molecule has 0 amide bonds. The number of halogens is 2. The Bertz CT molecular complexity index is 538. The first-order valence-electron chi connectivity index (χ1n) is 4.15. The molecule has 2 aromatic rings. The minimum atomic E-state index is -3.81. The first kappa shape index (κ1) is 12.0. The summed E-state index contributed by atoms with van der Waals surface area (Å²) in [4.78, 5) is 2.94. The third-order valence-electron chi connectivity index (χ3n) is 1.93. The molecular weight excluding hydrogens is 320 g/mol. The van der Waals surface area contributed by atoms with Gasteiger partial charge in [0.1, 0.15) is 16.3 Å². The molecule has 1 atom stereocenters. The van der Waals surface area contributed by atoms with E-state index in [-0.39, 0.29) is 0 Å². The highest BCUT2D eigenvalue weighted by molar-refractivity contribution is 9.06. The largest absolute Gasteiger partial charge is 0.558 e. The number of hydrogen-bond donors (Lipinski definition) is 1. The molecule has 1 unspecified atom stereocenters. The maximum atomic E-state index is 11.6. The number of aromatic nitrogens is 1. The summed E-state index contributed by atoms with van der Waals surface area (Å²) in [5.74, 6) is 0.332. The molecule has 5 nitrogen and oxygen atoms in total. The highest BCUT2D eigenvalue weighted by Crippen LogP contribution is 2.53. The fraction of sp³-hybridized carbons (Fsp3) is 0. The lowest BCUT2D eigenvalue weighted by Crippen LogP contribution is -1.91. The van der Waals surface area contributed by atoms with Crippen molar-refractivity contribution in [3.8, 4) is 5.75 Å². The van der Waals surface area contributed by atoms with Crippen molar-refractivity contribution in [1.82, 2.24) is 4.98 Å². The van der Waals surface area contributed by atoms with Crippen LogP contribution < -0.4 is 4.52 Å². The van der Waals surface area contributed by atoms with Gasteiger partial charge in [-0.25, -0.2) is 4.57 Å². The summed E-state index contributed by atoms with van der Waals surface area (Å²) >= 11 is 7.56. The molecule has 1 aromatic carbocycles. The molecule has 0 aliphatic rings. The van der Waals surface area contributed by atoms with Crippen LogP contribution in [-0.4, -0.2) is 4.98 Å². The Morgan fingerprint density at radius 3 is 2.81 bits per heavy atom. The third kappa shape index (κ3) is 2.26. The molecule has 0 radical (unpaired) electrons. The molecule has 0 fully saturated rings. The van der Waals surface area contributed by atoms with Crippen molar-refractivity contribution >= 4 is 46.9 Å². The topological polar surface area (TPSA) is 60.6 Å². The van der Waals surface area contributed by atoms with Crippen molar-refractivity contribution in [1.29, 1.82) is 0 Å². The number of fused-ring (bicyclic) bond motifs is 1. The Morgan fingerprint density at radius 2 is 2.12 bits per heavy atom. The van der Waals surface area contributed by atoms with Crippen molar-refractivity contribution in [2.24, 2.45) is 0 Å². The van der Waals surface area contributed by atoms with Crippen LogP contribution >= 0.6 is 35.9 Å². The van der Waals surface area contributed by atoms with Crippen molar-refractivity contribution in [3.63, 3.8) is 0 Å². The number of rotatable bonds is 4. The van der Waals surface area contributed by atoms with E-state index in [0.29, 0.717) is 5.75 Å². The van der Waals surface area contributed by atoms with Crippen molar-refractivity contribution in [3.05, 3.63) is 30.5 Å². The molecule has 0 aliphatic carbocycles. The van der Waals surface area contributed by atoms with Gasteiger partial charge in [0, 0.05) is 17.1 Å². The summed E-state index contributed by atoms with van der Waals surface area (Å²) in [5, 5.41) is 0.751. The molecule has 1 heterocycles. The number of para-hydroxylation sites is 1. The van der Waals surface area contributed by atoms with Gasteiger partial charge < -0.3 is 9.51 Å². The van der Waals surface area contributed by atoms with E-state index < -0.39 is 7.82 Å². The van der Waals surface area contributed by atoms with Crippen LogP contribution in [0.4, 0.5) is 0 Å². The smallest absolute Gasteiger partial charge is 0.400 e. The first-order chi connectivity index (χ1) is 7.68. The standard InChI is InChI=1S/C8H6BrClNO4P/c9-14-16(12,15-10)13-8-5-11-7-4-2-1-3-6(7)8/h1-5,11H. The van der Waals surface area contributed by atoms with Crippen molar-refractivity contribution in [2.45, 2.75) is 0 Å². The van der Waals surface area contributed by atoms with Gasteiger partial charge in [-0.2, -0.15) is 7.69 Å². The lowest BCUT2D eigenvalue weighted by atomic mass is 10.2. The lowest BCUT2D eigenvalue weighted by Gasteiger charge is -2.09. The van der Waals surface area contributed by atoms with Crippen LogP contribution in [0.1, 0.15) is 0 Å². The number of aromatic amines is 1. The van der Waals surface area contributed by atoms with Crippen molar-refractivity contribution in [2.75, 3.05) is 0 Å². The van der Waals surface area contributed by atoms with E-state index in [1.165, 1.54) is 0 Å². The second-order valence-electron chi connectivity index (χ2n) is 2.88. The Balaban J connectivity index is 2.38. The summed E-state index contributed by atoms with van der Waals surface area (Å²) in [6.45, 7) is 0. The van der Waals surface area contributed by atoms with E-state index in [4.69, 9.17) is 16.4 Å². The fourth-order valence-corrected chi connectivity index (χ4v) is 2.48. The Hall–Kier alpha value is -0.520. The Morgan fingerprint density at radius 1 is 1.38 bits per heavy atom. The maximum absolute atomic E-state index is 11.6. The summed E-state index contributed by atoms with van der Waals surface area (Å²) in [6.07, 6.45) is 1.54. The predicted octanol–water partition coefficient (Wildman–Crippen LogP) is 4.15. The van der Waals surface area contributed by atoms with Crippen molar-refractivity contribution < 1.29 is 16.8 Å². The summed E-state index contributed by atoms with van der Waals surface area (Å²) in [5.41, 5.74) is 0.841. The summed E-state index contributed by atoms with van der Waals surface area (Å²) in [7, 11) is -3.81. The Kier molecular flexibility index (Phi) is 3.56. The van der Waals surface area contributed by atoms with Gasteiger partial charge in [0.25, 0.3) is 0 Å². The van der Waals surface area contributed by atoms with Crippen LogP contribution in [-0.2, 0) is 12.3 Å². The molecular formula is C8H6BrClNO4P. The van der Waals surface area contributed by atoms with Gasteiger partial charge in [0.2, 0.25) is 0 Å². The zero-order chi connectivity index (χ0) is 11.6. The van der Waals surface area contributed by atoms with E-state index in [1.54, 1.807) is 12.3 Å². The van der Waals surface area contributed by atoms with Crippen LogP contribution in [0, 0.1) is 0 Å². The number of benzene rings is 1. The molecule has 1 aromatic heterocycles. The SMILES string of the molecule is O=P(OCl)(OBr)Oc1c[nH]c2ccccc12. The van der Waals surface area contributed by atoms with E-state index in [2.05, 4.69) is 28.9 Å². The second-order valence-corrected chi connectivity index (χ2v) is 5.51. The third-order valence-corrected chi connectivity index (χ3v) is 4.26. The van der Waals surface area contributed by atoms with Gasteiger partial charge in [0.15, 0.2) is 5.75 Å². The van der Waals surface area contributed by atoms with Gasteiger partial charge in [-0.05, 0) is 12.1 Å². The Labute approximate surface area is 105 Å². The lowest BCUT2D eigenvalue weighted by molar-refractivity contribution is 0.331. The second kappa shape index (κ2) is 4.77. The quantitative estimate of drug-likeness (QED) is 0.857. The minimum absolute atomic E-state index is 0.332. The van der Waals surface area contributed by atoms with Crippen LogP contribution in [0.2, 0.25) is 0 Å². The summed E-state index contributed by atoms with van der Waals surface area (Å²) < 4.78 is 25.2. The highest BCUT2D eigenvalue weighted by Gasteiger charge is 2.29. The van der Waals surface area contributed by atoms with E-state index in [0.717, 1.165) is 10.9 Å². The molecule has 16 heavy (non-hydrogen) atoms. The van der Waals surface area contributed by atoms with Crippen LogP contribution in [0.25, 0.3) is 10.9 Å². The van der Waals surface area contributed by atoms with Gasteiger partial charge in [-0.15, -0.1) is 0 Å². The molecule has 0 saturated carbocycles. The average Bonchev–Trinajstić information content (AvgIpc) is 2.73. The molecule has 0 saturated heterocycles.